The quantitative estimate of drug-likeness (QED) is 0.824. The van der Waals surface area contributed by atoms with Crippen LogP contribution in [0.25, 0.3) is 0 Å². The SMILES string of the molecule is Cn1nc(C(=O)O)c2c1CC[C@@H](C(F)(F)F)C2. The van der Waals surface area contributed by atoms with E-state index < -0.39 is 18.1 Å². The van der Waals surface area contributed by atoms with E-state index >= 15 is 0 Å². The summed E-state index contributed by atoms with van der Waals surface area (Å²) in [6.45, 7) is 0. The summed E-state index contributed by atoms with van der Waals surface area (Å²) in [6.07, 6.45) is -4.34. The van der Waals surface area contributed by atoms with Crippen molar-refractivity contribution < 1.29 is 23.1 Å². The van der Waals surface area contributed by atoms with Gasteiger partial charge in [-0.1, -0.05) is 0 Å². The van der Waals surface area contributed by atoms with Gasteiger partial charge in [0.1, 0.15) is 0 Å². The van der Waals surface area contributed by atoms with Gasteiger partial charge in [-0.05, 0) is 19.3 Å². The van der Waals surface area contributed by atoms with Gasteiger partial charge in [0.25, 0.3) is 0 Å². The van der Waals surface area contributed by atoms with Crippen LogP contribution in [-0.2, 0) is 19.9 Å². The minimum atomic E-state index is -4.27. The number of aromatic nitrogens is 2. The lowest BCUT2D eigenvalue weighted by molar-refractivity contribution is -0.177. The van der Waals surface area contributed by atoms with Gasteiger partial charge in [0.15, 0.2) is 5.69 Å². The average Bonchev–Trinajstić information content (AvgIpc) is 2.54. The fraction of sp³-hybridized carbons (Fsp3) is 0.600. The van der Waals surface area contributed by atoms with Gasteiger partial charge in [0, 0.05) is 18.3 Å². The highest BCUT2D eigenvalue weighted by Gasteiger charge is 2.43. The summed E-state index contributed by atoms with van der Waals surface area (Å²) in [7, 11) is 1.55. The van der Waals surface area contributed by atoms with Gasteiger partial charge in [-0.2, -0.15) is 18.3 Å². The van der Waals surface area contributed by atoms with Crippen LogP contribution in [0.2, 0.25) is 0 Å². The Morgan fingerprint density at radius 3 is 2.71 bits per heavy atom. The molecule has 17 heavy (non-hydrogen) atoms. The minimum Gasteiger partial charge on any atom is -0.476 e. The molecule has 1 atom stereocenters. The number of carboxylic acid groups (broad SMARTS) is 1. The zero-order valence-electron chi connectivity index (χ0n) is 9.08. The van der Waals surface area contributed by atoms with Crippen LogP contribution in [0.4, 0.5) is 13.2 Å². The third-order valence-corrected chi connectivity index (χ3v) is 3.12. The van der Waals surface area contributed by atoms with Crippen LogP contribution in [0.5, 0.6) is 0 Å². The lowest BCUT2D eigenvalue weighted by Gasteiger charge is -2.24. The molecule has 1 heterocycles. The van der Waals surface area contributed by atoms with Crippen molar-refractivity contribution in [1.29, 1.82) is 0 Å². The van der Waals surface area contributed by atoms with Crippen LogP contribution in [0.15, 0.2) is 0 Å². The summed E-state index contributed by atoms with van der Waals surface area (Å²) in [5.41, 5.74) is 0.577. The Balaban J connectivity index is 2.39. The second-order valence-corrected chi connectivity index (χ2v) is 4.18. The molecule has 0 amide bonds. The Kier molecular flexibility index (Phi) is 2.63. The topological polar surface area (TPSA) is 55.1 Å². The standard InChI is InChI=1S/C10H11F3N2O2/c1-15-7-3-2-5(10(11,12)13)4-6(7)8(14-15)9(16)17/h5H,2-4H2,1H3,(H,16,17)/t5-/m1/s1. The van der Waals surface area contributed by atoms with E-state index in [1.54, 1.807) is 7.05 Å². The lowest BCUT2D eigenvalue weighted by Crippen LogP contribution is -2.29. The van der Waals surface area contributed by atoms with Crippen molar-refractivity contribution in [2.75, 3.05) is 0 Å². The van der Waals surface area contributed by atoms with Gasteiger partial charge in [-0.25, -0.2) is 4.79 Å². The summed E-state index contributed by atoms with van der Waals surface area (Å²) in [4.78, 5) is 10.9. The van der Waals surface area contributed by atoms with Crippen molar-refractivity contribution in [3.8, 4) is 0 Å². The molecule has 0 unspecified atom stereocenters. The number of aryl methyl sites for hydroxylation is 1. The molecular weight excluding hydrogens is 237 g/mol. The van der Waals surface area contributed by atoms with E-state index in [9.17, 15) is 18.0 Å². The number of carboxylic acids is 1. The second kappa shape index (κ2) is 3.75. The van der Waals surface area contributed by atoms with Gasteiger partial charge in [0.2, 0.25) is 0 Å². The molecule has 0 spiro atoms. The largest absolute Gasteiger partial charge is 0.476 e. The molecule has 1 aromatic heterocycles. The molecule has 1 aromatic rings. The van der Waals surface area contributed by atoms with Crippen LogP contribution < -0.4 is 0 Å². The number of halogens is 3. The van der Waals surface area contributed by atoms with Crippen LogP contribution in [0, 0.1) is 5.92 Å². The number of nitrogens with zero attached hydrogens (tertiary/aromatic N) is 2. The van der Waals surface area contributed by atoms with Crippen LogP contribution in [0.1, 0.15) is 28.2 Å². The molecule has 4 nitrogen and oxygen atoms in total. The lowest BCUT2D eigenvalue weighted by atomic mass is 9.86. The van der Waals surface area contributed by atoms with Gasteiger partial charge in [0.05, 0.1) is 5.92 Å². The normalized spacial score (nSPS) is 20.1. The van der Waals surface area contributed by atoms with Crippen LogP contribution in [0.3, 0.4) is 0 Å². The molecule has 94 valence electrons. The summed E-state index contributed by atoms with van der Waals surface area (Å²) < 4.78 is 39.2. The van der Waals surface area contributed by atoms with E-state index in [-0.39, 0.29) is 30.5 Å². The van der Waals surface area contributed by atoms with Crippen molar-refractivity contribution >= 4 is 5.97 Å². The van der Waals surface area contributed by atoms with Crippen molar-refractivity contribution in [3.63, 3.8) is 0 Å². The summed E-state index contributed by atoms with van der Waals surface area (Å²) in [5.74, 6) is -2.73. The Labute approximate surface area is 95.0 Å². The number of carbonyl (C=O) groups is 1. The molecule has 0 radical (unpaired) electrons. The van der Waals surface area contributed by atoms with Gasteiger partial charge < -0.3 is 5.11 Å². The molecule has 1 aliphatic rings. The molecule has 0 aliphatic heterocycles. The number of fused-ring (bicyclic) bond motifs is 1. The zero-order valence-corrected chi connectivity index (χ0v) is 9.08. The fourth-order valence-corrected chi connectivity index (χ4v) is 2.24. The van der Waals surface area contributed by atoms with Crippen molar-refractivity contribution in [3.05, 3.63) is 17.0 Å². The van der Waals surface area contributed by atoms with Crippen molar-refractivity contribution in [2.45, 2.75) is 25.4 Å². The van der Waals surface area contributed by atoms with E-state index in [0.29, 0.717) is 5.69 Å². The highest BCUT2D eigenvalue weighted by molar-refractivity contribution is 5.87. The average molecular weight is 248 g/mol. The zero-order chi connectivity index (χ0) is 12.8. The first-order valence-corrected chi connectivity index (χ1v) is 5.15. The third-order valence-electron chi connectivity index (χ3n) is 3.12. The van der Waals surface area contributed by atoms with E-state index in [1.165, 1.54) is 4.68 Å². The molecule has 2 rings (SSSR count). The number of hydrogen-bond acceptors (Lipinski definition) is 2. The number of rotatable bonds is 1. The molecule has 0 bridgehead atoms. The number of hydrogen-bond donors (Lipinski definition) is 1. The molecule has 0 aromatic carbocycles. The van der Waals surface area contributed by atoms with E-state index in [0.717, 1.165) is 0 Å². The van der Waals surface area contributed by atoms with E-state index in [1.807, 2.05) is 0 Å². The van der Waals surface area contributed by atoms with Gasteiger partial charge in [-0.3, -0.25) is 4.68 Å². The van der Waals surface area contributed by atoms with Gasteiger partial charge in [-0.15, -0.1) is 0 Å². The number of alkyl halides is 3. The molecule has 0 saturated heterocycles. The Bertz CT molecular complexity index is 465. The molecule has 1 aliphatic carbocycles. The molecular formula is C10H11F3N2O2. The second-order valence-electron chi connectivity index (χ2n) is 4.18. The summed E-state index contributed by atoms with van der Waals surface area (Å²) >= 11 is 0. The highest BCUT2D eigenvalue weighted by atomic mass is 19.4. The minimum absolute atomic E-state index is 0.00487. The van der Waals surface area contributed by atoms with Crippen molar-refractivity contribution in [1.82, 2.24) is 9.78 Å². The third kappa shape index (κ3) is 2.01. The first-order chi connectivity index (χ1) is 7.80. The first-order valence-electron chi connectivity index (χ1n) is 5.15. The highest BCUT2D eigenvalue weighted by Crippen LogP contribution is 2.37. The van der Waals surface area contributed by atoms with Crippen molar-refractivity contribution in [2.24, 2.45) is 13.0 Å². The number of aromatic carboxylic acids is 1. The smallest absolute Gasteiger partial charge is 0.392 e. The Morgan fingerprint density at radius 1 is 1.53 bits per heavy atom. The molecule has 0 saturated carbocycles. The van der Waals surface area contributed by atoms with Gasteiger partial charge >= 0.3 is 12.1 Å². The molecule has 7 heteroatoms. The monoisotopic (exact) mass is 248 g/mol. The Hall–Kier alpha value is -1.53. The maximum Gasteiger partial charge on any atom is 0.392 e. The van der Waals surface area contributed by atoms with Crippen LogP contribution >= 0.6 is 0 Å². The molecule has 1 N–H and O–H groups in total. The summed E-state index contributed by atoms with van der Waals surface area (Å²) in [5, 5.41) is 12.6. The summed E-state index contributed by atoms with van der Waals surface area (Å²) in [6, 6.07) is 0. The fourth-order valence-electron chi connectivity index (χ4n) is 2.24. The maximum atomic E-state index is 12.6. The maximum absolute atomic E-state index is 12.6. The predicted molar refractivity (Wildman–Crippen MR) is 51.7 cm³/mol. The molecule has 0 fully saturated rings. The van der Waals surface area contributed by atoms with E-state index in [4.69, 9.17) is 5.11 Å². The van der Waals surface area contributed by atoms with Crippen LogP contribution in [-0.4, -0.2) is 27.0 Å². The van der Waals surface area contributed by atoms with E-state index in [2.05, 4.69) is 5.10 Å². The predicted octanol–water partition coefficient (Wildman–Crippen LogP) is 1.79. The first kappa shape index (κ1) is 11.9. The Morgan fingerprint density at radius 2 is 2.18 bits per heavy atom.